The SMILES string of the molecule is N#Cc1cn(CC#Cc2ccccc2Cl)nn1. The Kier molecular flexibility index (Phi) is 3.40. The third kappa shape index (κ3) is 2.84. The fourth-order valence-electron chi connectivity index (χ4n) is 1.21. The van der Waals surface area contributed by atoms with Gasteiger partial charge in [0, 0.05) is 5.56 Å². The lowest BCUT2D eigenvalue weighted by Crippen LogP contribution is -1.95. The fourth-order valence-corrected chi connectivity index (χ4v) is 1.39. The number of hydrogen-bond acceptors (Lipinski definition) is 3. The van der Waals surface area contributed by atoms with Crippen LogP contribution in [-0.4, -0.2) is 15.0 Å². The van der Waals surface area contributed by atoms with Gasteiger partial charge in [-0.1, -0.05) is 40.8 Å². The van der Waals surface area contributed by atoms with Crippen molar-refractivity contribution in [1.29, 1.82) is 5.26 Å². The third-order valence-corrected chi connectivity index (χ3v) is 2.32. The number of benzene rings is 1. The number of aromatic nitrogens is 3. The quantitative estimate of drug-likeness (QED) is 0.717. The van der Waals surface area contributed by atoms with Crippen molar-refractivity contribution in [3.63, 3.8) is 0 Å². The summed E-state index contributed by atoms with van der Waals surface area (Å²) in [6, 6.07) is 9.26. The number of nitrogens with zero attached hydrogens (tertiary/aromatic N) is 4. The molecule has 0 N–H and O–H groups in total. The minimum atomic E-state index is 0.282. The van der Waals surface area contributed by atoms with Crippen molar-refractivity contribution in [2.24, 2.45) is 0 Å². The summed E-state index contributed by atoms with van der Waals surface area (Å²) in [5.74, 6) is 5.85. The molecule has 0 unspecified atom stereocenters. The molecule has 82 valence electrons. The van der Waals surface area contributed by atoms with Gasteiger partial charge in [0.05, 0.1) is 11.2 Å². The fraction of sp³-hybridized carbons (Fsp3) is 0.0833. The van der Waals surface area contributed by atoms with E-state index >= 15 is 0 Å². The topological polar surface area (TPSA) is 54.5 Å². The first kappa shape index (κ1) is 11.2. The highest BCUT2D eigenvalue weighted by Gasteiger charge is 1.96. The van der Waals surface area contributed by atoms with E-state index in [1.807, 2.05) is 24.3 Å². The average molecular weight is 243 g/mol. The Labute approximate surface area is 103 Å². The smallest absolute Gasteiger partial charge is 0.182 e. The maximum atomic E-state index is 8.57. The van der Waals surface area contributed by atoms with Gasteiger partial charge in [-0.15, -0.1) is 5.10 Å². The molecule has 2 rings (SSSR count). The van der Waals surface area contributed by atoms with Crippen LogP contribution in [0.4, 0.5) is 0 Å². The standard InChI is InChI=1S/C12H7ClN4/c13-12-6-2-1-4-10(12)5-3-7-17-9-11(8-14)15-16-17/h1-2,4,6,9H,7H2. The van der Waals surface area contributed by atoms with Crippen molar-refractivity contribution in [3.05, 3.63) is 46.7 Å². The molecular weight excluding hydrogens is 236 g/mol. The molecule has 0 amide bonds. The molecule has 2 aromatic rings. The van der Waals surface area contributed by atoms with Crippen LogP contribution in [0, 0.1) is 23.2 Å². The monoisotopic (exact) mass is 242 g/mol. The molecule has 1 aromatic heterocycles. The van der Waals surface area contributed by atoms with Gasteiger partial charge in [-0.05, 0) is 12.1 Å². The molecule has 0 aliphatic heterocycles. The second-order valence-corrected chi connectivity index (χ2v) is 3.60. The molecule has 0 bridgehead atoms. The van der Waals surface area contributed by atoms with Gasteiger partial charge in [-0.25, -0.2) is 4.68 Å². The Balaban J connectivity index is 2.09. The van der Waals surface area contributed by atoms with Crippen LogP contribution in [0.1, 0.15) is 11.3 Å². The highest BCUT2D eigenvalue weighted by atomic mass is 35.5. The first-order valence-corrected chi connectivity index (χ1v) is 5.21. The molecule has 0 fully saturated rings. The van der Waals surface area contributed by atoms with Crippen molar-refractivity contribution >= 4 is 11.6 Å². The van der Waals surface area contributed by atoms with Crippen LogP contribution < -0.4 is 0 Å². The van der Waals surface area contributed by atoms with Crippen LogP contribution in [0.5, 0.6) is 0 Å². The minimum Gasteiger partial charge on any atom is -0.239 e. The lowest BCUT2D eigenvalue weighted by Gasteiger charge is -1.93. The Morgan fingerprint density at radius 2 is 2.18 bits per heavy atom. The zero-order chi connectivity index (χ0) is 12.1. The van der Waals surface area contributed by atoms with Gasteiger partial charge in [0.1, 0.15) is 12.6 Å². The van der Waals surface area contributed by atoms with E-state index in [1.165, 1.54) is 4.68 Å². The van der Waals surface area contributed by atoms with Crippen molar-refractivity contribution in [2.45, 2.75) is 6.54 Å². The molecule has 1 aromatic carbocycles. The molecule has 5 heteroatoms. The maximum absolute atomic E-state index is 8.57. The summed E-state index contributed by atoms with van der Waals surface area (Å²) >= 11 is 5.95. The summed E-state index contributed by atoms with van der Waals surface area (Å²) in [6.07, 6.45) is 1.54. The second-order valence-electron chi connectivity index (χ2n) is 3.19. The van der Waals surface area contributed by atoms with E-state index in [0.29, 0.717) is 11.6 Å². The van der Waals surface area contributed by atoms with Crippen molar-refractivity contribution < 1.29 is 0 Å². The number of rotatable bonds is 1. The Morgan fingerprint density at radius 3 is 2.88 bits per heavy atom. The third-order valence-electron chi connectivity index (χ3n) is 1.99. The zero-order valence-electron chi connectivity index (χ0n) is 8.76. The first-order chi connectivity index (χ1) is 8.29. The number of halogens is 1. The van der Waals surface area contributed by atoms with Crippen LogP contribution in [0.15, 0.2) is 30.5 Å². The van der Waals surface area contributed by atoms with Gasteiger partial charge in [0.2, 0.25) is 0 Å². The molecule has 0 saturated heterocycles. The van der Waals surface area contributed by atoms with E-state index in [-0.39, 0.29) is 5.69 Å². The molecule has 0 atom stereocenters. The Bertz CT molecular complexity index is 628. The number of nitriles is 1. The molecule has 4 nitrogen and oxygen atoms in total. The maximum Gasteiger partial charge on any atom is 0.182 e. The molecular formula is C12H7ClN4. The van der Waals surface area contributed by atoms with E-state index in [1.54, 1.807) is 12.3 Å². The van der Waals surface area contributed by atoms with Crippen LogP contribution >= 0.6 is 11.6 Å². The van der Waals surface area contributed by atoms with Crippen LogP contribution in [-0.2, 0) is 6.54 Å². The van der Waals surface area contributed by atoms with Gasteiger partial charge < -0.3 is 0 Å². The Hall–Kier alpha value is -2.30. The van der Waals surface area contributed by atoms with Crippen molar-refractivity contribution in [3.8, 4) is 17.9 Å². The van der Waals surface area contributed by atoms with E-state index in [4.69, 9.17) is 16.9 Å². The highest BCUT2D eigenvalue weighted by Crippen LogP contribution is 2.12. The number of hydrogen-bond donors (Lipinski definition) is 0. The van der Waals surface area contributed by atoms with Crippen LogP contribution in [0.3, 0.4) is 0 Å². The van der Waals surface area contributed by atoms with Gasteiger partial charge in [-0.3, -0.25) is 0 Å². The minimum absolute atomic E-state index is 0.282. The first-order valence-electron chi connectivity index (χ1n) is 4.83. The summed E-state index contributed by atoms with van der Waals surface area (Å²) in [5, 5.41) is 16.6. The van der Waals surface area contributed by atoms with Gasteiger partial charge in [-0.2, -0.15) is 5.26 Å². The molecule has 0 saturated carbocycles. The Morgan fingerprint density at radius 1 is 1.35 bits per heavy atom. The summed E-state index contributed by atoms with van der Waals surface area (Å²) < 4.78 is 1.50. The average Bonchev–Trinajstić information content (AvgIpc) is 2.80. The van der Waals surface area contributed by atoms with Crippen molar-refractivity contribution in [2.75, 3.05) is 0 Å². The van der Waals surface area contributed by atoms with E-state index in [0.717, 1.165) is 5.56 Å². The molecule has 17 heavy (non-hydrogen) atoms. The van der Waals surface area contributed by atoms with Gasteiger partial charge >= 0.3 is 0 Å². The van der Waals surface area contributed by atoms with Gasteiger partial charge in [0.15, 0.2) is 5.69 Å². The van der Waals surface area contributed by atoms with E-state index in [9.17, 15) is 0 Å². The lowest BCUT2D eigenvalue weighted by molar-refractivity contribution is 0.672. The molecule has 0 aliphatic carbocycles. The predicted molar refractivity (Wildman–Crippen MR) is 63.1 cm³/mol. The van der Waals surface area contributed by atoms with Crippen LogP contribution in [0.25, 0.3) is 0 Å². The van der Waals surface area contributed by atoms with E-state index in [2.05, 4.69) is 22.2 Å². The molecule has 0 radical (unpaired) electrons. The predicted octanol–water partition coefficient (Wildman–Crippen LogP) is 1.85. The highest BCUT2D eigenvalue weighted by molar-refractivity contribution is 6.31. The molecule has 1 heterocycles. The summed E-state index contributed by atoms with van der Waals surface area (Å²) in [6.45, 7) is 0.375. The molecule has 0 aliphatic rings. The van der Waals surface area contributed by atoms with E-state index < -0.39 is 0 Å². The lowest BCUT2D eigenvalue weighted by atomic mass is 10.2. The van der Waals surface area contributed by atoms with Crippen LogP contribution in [0.2, 0.25) is 5.02 Å². The summed E-state index contributed by atoms with van der Waals surface area (Å²) in [4.78, 5) is 0. The summed E-state index contributed by atoms with van der Waals surface area (Å²) in [5.41, 5.74) is 1.05. The largest absolute Gasteiger partial charge is 0.239 e. The second kappa shape index (κ2) is 5.16. The van der Waals surface area contributed by atoms with Gasteiger partial charge in [0.25, 0.3) is 0 Å². The van der Waals surface area contributed by atoms with Crippen molar-refractivity contribution in [1.82, 2.24) is 15.0 Å². The zero-order valence-corrected chi connectivity index (χ0v) is 9.52. The summed E-state index contributed by atoms with van der Waals surface area (Å²) in [7, 11) is 0. The normalized spacial score (nSPS) is 9.18. The molecule has 0 spiro atoms.